The highest BCUT2D eigenvalue weighted by Gasteiger charge is 2.18. The molecule has 1 aromatic carbocycles. The lowest BCUT2D eigenvalue weighted by molar-refractivity contribution is 0.370. The molecule has 0 amide bonds. The molecule has 0 bridgehead atoms. The van der Waals surface area contributed by atoms with E-state index in [2.05, 4.69) is 20.7 Å². The van der Waals surface area contributed by atoms with Gasteiger partial charge in [0.05, 0.1) is 9.92 Å². The number of likely N-dealkylation sites (N-methyl/N-ethyl adjacent to an activating group) is 1. The van der Waals surface area contributed by atoms with Crippen LogP contribution in [0.3, 0.4) is 0 Å². The molecule has 1 atom stereocenters. The molecule has 7 heteroatoms. The number of sulfonamides is 1. The molecule has 0 heterocycles. The van der Waals surface area contributed by atoms with Gasteiger partial charge in [-0.1, -0.05) is 11.6 Å². The first-order valence-corrected chi connectivity index (χ1v) is 8.00. The summed E-state index contributed by atoms with van der Waals surface area (Å²) in [6, 6.07) is 4.36. The van der Waals surface area contributed by atoms with Gasteiger partial charge in [-0.2, -0.15) is 0 Å². The maximum atomic E-state index is 12.1. The Bertz CT molecular complexity index is 520. The average Bonchev–Trinajstić information content (AvgIpc) is 2.19. The molecule has 0 spiro atoms. The molecule has 0 aliphatic rings. The Morgan fingerprint density at radius 1 is 1.44 bits per heavy atom. The minimum atomic E-state index is -3.51. The van der Waals surface area contributed by atoms with Crippen molar-refractivity contribution in [2.24, 2.45) is 0 Å². The normalized spacial score (nSPS) is 13.9. The summed E-state index contributed by atoms with van der Waals surface area (Å²) in [5.41, 5.74) is 0. The van der Waals surface area contributed by atoms with E-state index in [1.165, 1.54) is 12.1 Å². The number of hydrogen-bond donors (Lipinski definition) is 1. The van der Waals surface area contributed by atoms with Gasteiger partial charge in [0, 0.05) is 17.1 Å². The molecule has 0 aliphatic heterocycles. The zero-order valence-electron chi connectivity index (χ0n) is 10.4. The molecule has 0 aromatic heterocycles. The first-order chi connectivity index (χ1) is 8.22. The molecule has 4 nitrogen and oxygen atoms in total. The molecule has 0 aliphatic carbocycles. The topological polar surface area (TPSA) is 49.4 Å². The van der Waals surface area contributed by atoms with Gasteiger partial charge in [-0.05, 0) is 55.1 Å². The van der Waals surface area contributed by atoms with E-state index in [-0.39, 0.29) is 10.9 Å². The average molecular weight is 356 g/mol. The number of halogens is 2. The Hall–Kier alpha value is -0.140. The van der Waals surface area contributed by atoms with E-state index in [9.17, 15) is 8.42 Å². The van der Waals surface area contributed by atoms with E-state index >= 15 is 0 Å². The van der Waals surface area contributed by atoms with Gasteiger partial charge in [-0.3, -0.25) is 0 Å². The summed E-state index contributed by atoms with van der Waals surface area (Å²) >= 11 is 9.05. The molecule has 1 N–H and O–H groups in total. The van der Waals surface area contributed by atoms with Crippen LogP contribution in [-0.4, -0.2) is 40.0 Å². The lowest BCUT2D eigenvalue weighted by atomic mass is 10.3. The summed E-state index contributed by atoms with van der Waals surface area (Å²) in [5, 5.41) is 0.482. The van der Waals surface area contributed by atoms with Gasteiger partial charge in [0.15, 0.2) is 0 Å². The largest absolute Gasteiger partial charge is 0.308 e. The number of nitrogens with one attached hydrogen (secondary N) is 1. The van der Waals surface area contributed by atoms with E-state index in [1.54, 1.807) is 6.07 Å². The third-order valence-electron chi connectivity index (χ3n) is 2.20. The van der Waals surface area contributed by atoms with Crippen LogP contribution < -0.4 is 4.72 Å². The van der Waals surface area contributed by atoms with Crippen LogP contribution in [0.4, 0.5) is 0 Å². The molecule has 1 aromatic rings. The van der Waals surface area contributed by atoms with E-state index in [0.29, 0.717) is 16.0 Å². The summed E-state index contributed by atoms with van der Waals surface area (Å²) in [7, 11) is 0.275. The summed E-state index contributed by atoms with van der Waals surface area (Å²) in [6.45, 7) is 2.45. The van der Waals surface area contributed by atoms with Crippen LogP contribution in [0.1, 0.15) is 6.92 Å². The van der Waals surface area contributed by atoms with Gasteiger partial charge >= 0.3 is 0 Å². The van der Waals surface area contributed by atoms with Crippen molar-refractivity contribution in [1.82, 2.24) is 9.62 Å². The summed E-state index contributed by atoms with van der Waals surface area (Å²) in [6.07, 6.45) is 0. The molecule has 0 fully saturated rings. The van der Waals surface area contributed by atoms with Crippen LogP contribution in [0.25, 0.3) is 0 Å². The van der Waals surface area contributed by atoms with Crippen molar-refractivity contribution in [3.8, 4) is 0 Å². The Morgan fingerprint density at radius 3 is 2.56 bits per heavy atom. The molecule has 18 heavy (non-hydrogen) atoms. The van der Waals surface area contributed by atoms with Gasteiger partial charge < -0.3 is 4.90 Å². The minimum absolute atomic E-state index is 0.167. The second kappa shape index (κ2) is 6.34. The predicted molar refractivity (Wildman–Crippen MR) is 77.5 cm³/mol. The summed E-state index contributed by atoms with van der Waals surface area (Å²) < 4.78 is 27.4. The molecule has 1 rings (SSSR count). The number of nitrogens with zero attached hydrogens (tertiary/aromatic N) is 1. The van der Waals surface area contributed by atoms with Crippen molar-refractivity contribution in [1.29, 1.82) is 0 Å². The third kappa shape index (κ3) is 4.51. The molecule has 1 unspecified atom stereocenters. The van der Waals surface area contributed by atoms with Gasteiger partial charge in [-0.15, -0.1) is 0 Å². The monoisotopic (exact) mass is 354 g/mol. The van der Waals surface area contributed by atoms with Gasteiger partial charge in [0.2, 0.25) is 10.0 Å². The highest BCUT2D eigenvalue weighted by Crippen LogP contribution is 2.25. The van der Waals surface area contributed by atoms with E-state index in [0.717, 1.165) is 0 Å². The highest BCUT2D eigenvalue weighted by molar-refractivity contribution is 9.10. The molecule has 0 saturated heterocycles. The fraction of sp³-hybridized carbons (Fsp3) is 0.455. The number of hydrogen-bond acceptors (Lipinski definition) is 3. The fourth-order valence-electron chi connectivity index (χ4n) is 1.56. The molecule has 0 radical (unpaired) electrons. The van der Waals surface area contributed by atoms with Crippen LogP contribution in [0.5, 0.6) is 0 Å². The smallest absolute Gasteiger partial charge is 0.240 e. The number of rotatable bonds is 5. The Labute approximate surface area is 121 Å². The predicted octanol–water partition coefficient (Wildman–Crippen LogP) is 2.33. The molecule has 0 saturated carbocycles. The van der Waals surface area contributed by atoms with E-state index < -0.39 is 10.0 Å². The Morgan fingerprint density at radius 2 is 2.06 bits per heavy atom. The van der Waals surface area contributed by atoms with Crippen LogP contribution >= 0.6 is 27.5 Å². The Balaban J connectivity index is 2.89. The van der Waals surface area contributed by atoms with E-state index in [4.69, 9.17) is 11.6 Å². The minimum Gasteiger partial charge on any atom is -0.308 e. The maximum Gasteiger partial charge on any atom is 0.240 e. The third-order valence-corrected chi connectivity index (χ3v) is 5.00. The second-order valence-corrected chi connectivity index (χ2v) is 7.34. The van der Waals surface area contributed by atoms with Crippen molar-refractivity contribution in [2.45, 2.75) is 17.9 Å². The maximum absolute atomic E-state index is 12.1. The van der Waals surface area contributed by atoms with Crippen molar-refractivity contribution < 1.29 is 8.42 Å². The lowest BCUT2D eigenvalue weighted by Crippen LogP contribution is -2.39. The first-order valence-electron chi connectivity index (χ1n) is 5.34. The first kappa shape index (κ1) is 15.9. The van der Waals surface area contributed by atoms with Crippen LogP contribution in [-0.2, 0) is 10.0 Å². The Kier molecular flexibility index (Phi) is 5.61. The van der Waals surface area contributed by atoms with Gasteiger partial charge in [-0.25, -0.2) is 13.1 Å². The van der Waals surface area contributed by atoms with Gasteiger partial charge in [0.1, 0.15) is 0 Å². The fourth-order valence-corrected chi connectivity index (χ4v) is 3.47. The van der Waals surface area contributed by atoms with E-state index in [1.807, 2.05) is 25.9 Å². The molecular formula is C11H16BrClN2O2S. The quantitative estimate of drug-likeness (QED) is 0.882. The lowest BCUT2D eigenvalue weighted by Gasteiger charge is -2.18. The zero-order chi connectivity index (χ0) is 13.9. The highest BCUT2D eigenvalue weighted by atomic mass is 79.9. The molecular weight excluding hydrogens is 340 g/mol. The van der Waals surface area contributed by atoms with Crippen molar-refractivity contribution >= 4 is 37.6 Å². The van der Waals surface area contributed by atoms with Crippen LogP contribution in [0.2, 0.25) is 5.02 Å². The number of benzene rings is 1. The SMILES string of the molecule is CC(CN(C)C)NS(=O)(=O)c1ccc(Cl)c(Br)c1. The second-order valence-electron chi connectivity index (χ2n) is 4.36. The van der Waals surface area contributed by atoms with Crippen LogP contribution in [0, 0.1) is 0 Å². The van der Waals surface area contributed by atoms with Crippen LogP contribution in [0.15, 0.2) is 27.6 Å². The standard InChI is InChI=1S/C11H16BrClN2O2S/c1-8(7-15(2)3)14-18(16,17)9-4-5-11(13)10(12)6-9/h4-6,8,14H,7H2,1-3H3. The zero-order valence-corrected chi connectivity index (χ0v) is 13.6. The van der Waals surface area contributed by atoms with Gasteiger partial charge in [0.25, 0.3) is 0 Å². The summed E-state index contributed by atoms with van der Waals surface area (Å²) in [4.78, 5) is 2.12. The molecule has 102 valence electrons. The van der Waals surface area contributed by atoms with Crippen molar-refractivity contribution in [2.75, 3.05) is 20.6 Å². The summed E-state index contributed by atoms with van der Waals surface area (Å²) in [5.74, 6) is 0. The van der Waals surface area contributed by atoms with Crippen molar-refractivity contribution in [3.05, 3.63) is 27.7 Å². The van der Waals surface area contributed by atoms with Crippen molar-refractivity contribution in [3.63, 3.8) is 0 Å².